The molecule has 0 atom stereocenters. The topological polar surface area (TPSA) is 70.1 Å². The largest absolute Gasteiger partial charge is 0.419 e. The summed E-state index contributed by atoms with van der Waals surface area (Å²) in [5, 5.41) is 3.78. The molecule has 0 saturated carbocycles. The van der Waals surface area contributed by atoms with E-state index in [0.29, 0.717) is 17.0 Å². The van der Waals surface area contributed by atoms with Crippen molar-refractivity contribution in [2.75, 3.05) is 5.84 Å². The number of nitrogen functional groups attached to an aromatic ring is 1. The second-order valence-electron chi connectivity index (χ2n) is 3.29. The smallest absolute Gasteiger partial charge is 0.343 e. The normalized spacial score (nSPS) is 10.1. The molecule has 0 saturated heterocycles. The summed E-state index contributed by atoms with van der Waals surface area (Å²) in [5.74, 6) is 5.42. The van der Waals surface area contributed by atoms with Gasteiger partial charge in [0.15, 0.2) is 5.75 Å². The fraction of sp³-hybridized carbons (Fsp3) is 0.0909. The van der Waals surface area contributed by atoms with Crippen LogP contribution >= 0.6 is 0 Å². The molecule has 0 aliphatic carbocycles. The van der Waals surface area contributed by atoms with Crippen molar-refractivity contribution in [3.63, 3.8) is 0 Å². The lowest BCUT2D eigenvalue weighted by molar-refractivity contribution is 0.0733. The molecule has 0 aliphatic rings. The van der Waals surface area contributed by atoms with Crippen LogP contribution in [0.3, 0.4) is 0 Å². The first-order chi connectivity index (χ1) is 7.68. The van der Waals surface area contributed by atoms with Crippen LogP contribution in [0.25, 0.3) is 0 Å². The summed E-state index contributed by atoms with van der Waals surface area (Å²) in [6, 6.07) is 8.75. The summed E-state index contributed by atoms with van der Waals surface area (Å²) < 4.78 is 5.15. The van der Waals surface area contributed by atoms with E-state index in [1.807, 2.05) is 6.07 Å². The van der Waals surface area contributed by atoms with Gasteiger partial charge in [0.1, 0.15) is 5.69 Å². The van der Waals surface area contributed by atoms with Gasteiger partial charge in [-0.1, -0.05) is 18.2 Å². The summed E-state index contributed by atoms with van der Waals surface area (Å²) >= 11 is 0. The summed E-state index contributed by atoms with van der Waals surface area (Å²) in [7, 11) is 0. The summed E-state index contributed by atoms with van der Waals surface area (Å²) in [4.78, 5) is 12.8. The van der Waals surface area contributed by atoms with Crippen LogP contribution in [0.5, 0.6) is 5.75 Å². The number of hydrogen-bond acceptors (Lipinski definition) is 4. The lowest BCUT2D eigenvalue weighted by Gasteiger charge is -2.02. The van der Waals surface area contributed by atoms with Crippen LogP contribution in [-0.4, -0.2) is 15.9 Å². The molecule has 0 spiro atoms. The Morgan fingerprint density at radius 3 is 2.62 bits per heavy atom. The van der Waals surface area contributed by atoms with E-state index in [9.17, 15) is 4.79 Å². The molecule has 2 rings (SSSR count). The Labute approximate surface area is 92.4 Å². The van der Waals surface area contributed by atoms with Crippen LogP contribution in [0.15, 0.2) is 36.5 Å². The SMILES string of the molecule is Cc1c(OC(=O)c2ccccc2)cnn1N. The van der Waals surface area contributed by atoms with Gasteiger partial charge in [0.05, 0.1) is 11.8 Å². The van der Waals surface area contributed by atoms with Crippen molar-refractivity contribution in [1.29, 1.82) is 0 Å². The van der Waals surface area contributed by atoms with Crippen molar-refractivity contribution in [3.8, 4) is 5.75 Å². The minimum atomic E-state index is -0.420. The van der Waals surface area contributed by atoms with Crippen LogP contribution in [0.2, 0.25) is 0 Å². The maximum atomic E-state index is 11.7. The van der Waals surface area contributed by atoms with Gasteiger partial charge in [-0.05, 0) is 19.1 Å². The minimum Gasteiger partial charge on any atom is -0.419 e. The van der Waals surface area contributed by atoms with E-state index in [4.69, 9.17) is 10.6 Å². The first-order valence-corrected chi connectivity index (χ1v) is 4.75. The molecule has 0 radical (unpaired) electrons. The number of carbonyl (C=O) groups is 1. The Hall–Kier alpha value is -2.30. The number of ether oxygens (including phenoxy) is 1. The standard InChI is InChI=1S/C11H11N3O2/c1-8-10(7-13-14(8)12)16-11(15)9-5-3-2-4-6-9/h2-7H,12H2,1H3. The van der Waals surface area contributed by atoms with Gasteiger partial charge < -0.3 is 10.6 Å². The second kappa shape index (κ2) is 4.06. The third kappa shape index (κ3) is 1.88. The van der Waals surface area contributed by atoms with Gasteiger partial charge >= 0.3 is 5.97 Å². The zero-order chi connectivity index (χ0) is 11.5. The van der Waals surface area contributed by atoms with E-state index in [2.05, 4.69) is 5.10 Å². The van der Waals surface area contributed by atoms with E-state index in [0.717, 1.165) is 4.79 Å². The molecular weight excluding hydrogens is 206 g/mol. The highest BCUT2D eigenvalue weighted by Crippen LogP contribution is 2.16. The summed E-state index contributed by atoms with van der Waals surface area (Å²) in [6.07, 6.45) is 1.41. The minimum absolute atomic E-state index is 0.372. The van der Waals surface area contributed by atoms with E-state index in [-0.39, 0.29) is 0 Å². The third-order valence-electron chi connectivity index (χ3n) is 2.21. The molecule has 16 heavy (non-hydrogen) atoms. The quantitative estimate of drug-likeness (QED) is 0.604. The number of nitrogens with zero attached hydrogens (tertiary/aromatic N) is 2. The lowest BCUT2D eigenvalue weighted by Crippen LogP contribution is -2.13. The van der Waals surface area contributed by atoms with Crippen molar-refractivity contribution < 1.29 is 9.53 Å². The monoisotopic (exact) mass is 217 g/mol. The van der Waals surface area contributed by atoms with Crippen LogP contribution in [0.4, 0.5) is 0 Å². The van der Waals surface area contributed by atoms with Crippen LogP contribution < -0.4 is 10.6 Å². The van der Waals surface area contributed by atoms with Crippen molar-refractivity contribution in [3.05, 3.63) is 47.8 Å². The molecule has 0 unspecified atom stereocenters. The molecule has 1 aromatic carbocycles. The van der Waals surface area contributed by atoms with Gasteiger partial charge in [0, 0.05) is 0 Å². The van der Waals surface area contributed by atoms with Gasteiger partial charge in [0.2, 0.25) is 0 Å². The molecule has 0 bridgehead atoms. The molecule has 1 heterocycles. The molecule has 2 N–H and O–H groups in total. The predicted octanol–water partition coefficient (Wildman–Crippen LogP) is 1.12. The van der Waals surface area contributed by atoms with E-state index in [1.165, 1.54) is 6.20 Å². The molecule has 2 aromatic rings. The van der Waals surface area contributed by atoms with Crippen molar-refractivity contribution in [2.24, 2.45) is 0 Å². The molecule has 82 valence electrons. The second-order valence-corrected chi connectivity index (χ2v) is 3.29. The van der Waals surface area contributed by atoms with E-state index in [1.54, 1.807) is 31.2 Å². The van der Waals surface area contributed by atoms with Crippen LogP contribution in [0, 0.1) is 6.92 Å². The Morgan fingerprint density at radius 2 is 2.06 bits per heavy atom. The fourth-order valence-electron chi connectivity index (χ4n) is 1.24. The van der Waals surface area contributed by atoms with E-state index < -0.39 is 5.97 Å². The third-order valence-corrected chi connectivity index (χ3v) is 2.21. The van der Waals surface area contributed by atoms with Gasteiger partial charge in [-0.2, -0.15) is 9.89 Å². The highest BCUT2D eigenvalue weighted by molar-refractivity contribution is 5.91. The highest BCUT2D eigenvalue weighted by Gasteiger charge is 2.12. The van der Waals surface area contributed by atoms with Crippen LogP contribution in [-0.2, 0) is 0 Å². The Morgan fingerprint density at radius 1 is 1.38 bits per heavy atom. The molecule has 1 aromatic heterocycles. The van der Waals surface area contributed by atoms with Gasteiger partial charge in [0.25, 0.3) is 0 Å². The molecular formula is C11H11N3O2. The number of benzene rings is 1. The molecule has 0 amide bonds. The van der Waals surface area contributed by atoms with Gasteiger partial charge in [-0.15, -0.1) is 0 Å². The summed E-state index contributed by atoms with van der Waals surface area (Å²) in [6.45, 7) is 1.72. The average Bonchev–Trinajstić information content (AvgIpc) is 2.62. The van der Waals surface area contributed by atoms with Crippen molar-refractivity contribution in [2.45, 2.75) is 6.92 Å². The number of aromatic nitrogens is 2. The Bertz CT molecular complexity index is 505. The fourth-order valence-corrected chi connectivity index (χ4v) is 1.24. The number of nitrogens with two attached hydrogens (primary N) is 1. The average molecular weight is 217 g/mol. The Kier molecular flexibility index (Phi) is 2.59. The van der Waals surface area contributed by atoms with E-state index >= 15 is 0 Å². The van der Waals surface area contributed by atoms with Gasteiger partial charge in [-0.25, -0.2) is 4.79 Å². The Balaban J connectivity index is 2.17. The predicted molar refractivity (Wildman–Crippen MR) is 58.5 cm³/mol. The summed E-state index contributed by atoms with van der Waals surface area (Å²) in [5.41, 5.74) is 1.09. The zero-order valence-corrected chi connectivity index (χ0v) is 8.75. The molecule has 0 fully saturated rings. The number of rotatable bonds is 2. The van der Waals surface area contributed by atoms with Gasteiger partial charge in [-0.3, -0.25) is 0 Å². The number of carbonyl (C=O) groups excluding carboxylic acids is 1. The van der Waals surface area contributed by atoms with Crippen molar-refractivity contribution in [1.82, 2.24) is 9.89 Å². The van der Waals surface area contributed by atoms with Crippen LogP contribution in [0.1, 0.15) is 16.1 Å². The zero-order valence-electron chi connectivity index (χ0n) is 8.75. The maximum absolute atomic E-state index is 11.7. The maximum Gasteiger partial charge on any atom is 0.343 e. The molecule has 5 heteroatoms. The first kappa shape index (κ1) is 10.2. The molecule has 0 aliphatic heterocycles. The first-order valence-electron chi connectivity index (χ1n) is 4.75. The lowest BCUT2D eigenvalue weighted by atomic mass is 10.2. The molecule has 5 nitrogen and oxygen atoms in total. The highest BCUT2D eigenvalue weighted by atomic mass is 16.5. The number of hydrogen-bond donors (Lipinski definition) is 1. The number of esters is 1. The van der Waals surface area contributed by atoms with Crippen molar-refractivity contribution >= 4 is 5.97 Å².